The highest BCUT2D eigenvalue weighted by Crippen LogP contribution is 2.43. The first-order chi connectivity index (χ1) is 14.1. The van der Waals surface area contributed by atoms with Gasteiger partial charge in [0, 0.05) is 29.1 Å². The van der Waals surface area contributed by atoms with Crippen LogP contribution >= 0.6 is 0 Å². The number of amides is 1. The summed E-state index contributed by atoms with van der Waals surface area (Å²) in [4.78, 5) is 14.2. The van der Waals surface area contributed by atoms with E-state index >= 15 is 0 Å². The second-order valence-corrected chi connectivity index (χ2v) is 8.06. The number of carbonyl (C=O) groups is 1. The molecule has 1 amide bonds. The van der Waals surface area contributed by atoms with E-state index in [1.807, 2.05) is 26.0 Å². The number of alkyl halides is 2. The van der Waals surface area contributed by atoms with Gasteiger partial charge in [0.15, 0.2) is 5.82 Å². The van der Waals surface area contributed by atoms with Crippen molar-refractivity contribution in [2.24, 2.45) is 0 Å². The molecule has 0 saturated carbocycles. The number of carbonyl (C=O) groups excluding carboxylic acids is 1. The number of nitrogens with zero attached hydrogens (tertiary/aromatic N) is 3. The summed E-state index contributed by atoms with van der Waals surface area (Å²) in [5.74, 6) is -0.564. The molecule has 0 saturated heterocycles. The van der Waals surface area contributed by atoms with Gasteiger partial charge < -0.3 is 10.2 Å². The number of nitrogens with one attached hydrogen (secondary N) is 1. The number of hydrogen-bond acceptors (Lipinski definition) is 4. The Hall–Kier alpha value is -3.16. The Bertz CT molecular complexity index is 1160. The Morgan fingerprint density at radius 3 is 2.57 bits per heavy atom. The minimum absolute atomic E-state index is 0.0116. The number of halogens is 3. The standard InChI is InChI=1S/C22H21F3N4O/c1-11(13-6-5-7-14(18(13)23)19(24)25)27-20-15-9-17-16(8-12(15)10-26-28-20)22(2,3)21(30)29(17)4/h5-11,19H,1-4H3,(H,27,28). The summed E-state index contributed by atoms with van der Waals surface area (Å²) in [6, 6.07) is 7.08. The summed E-state index contributed by atoms with van der Waals surface area (Å²) in [5, 5.41) is 12.7. The summed E-state index contributed by atoms with van der Waals surface area (Å²) in [6.07, 6.45) is -1.30. The van der Waals surface area contributed by atoms with Gasteiger partial charge in [-0.25, -0.2) is 13.2 Å². The van der Waals surface area contributed by atoms with Crippen molar-refractivity contribution < 1.29 is 18.0 Å². The van der Waals surface area contributed by atoms with Crippen LogP contribution in [-0.4, -0.2) is 23.2 Å². The average molecular weight is 414 g/mol. The lowest BCUT2D eigenvalue weighted by molar-refractivity contribution is -0.121. The largest absolute Gasteiger partial charge is 0.361 e. The number of likely N-dealkylation sites (N-methyl/N-ethyl adjacent to an activating group) is 1. The van der Waals surface area contributed by atoms with Crippen molar-refractivity contribution in [3.63, 3.8) is 0 Å². The third-order valence-electron chi connectivity index (χ3n) is 5.76. The van der Waals surface area contributed by atoms with Gasteiger partial charge in [0.05, 0.1) is 23.2 Å². The van der Waals surface area contributed by atoms with Crippen LogP contribution in [0.3, 0.4) is 0 Å². The maximum Gasteiger partial charge on any atom is 0.266 e. The zero-order chi connectivity index (χ0) is 21.8. The molecule has 1 aromatic heterocycles. The van der Waals surface area contributed by atoms with Crippen LogP contribution in [0.4, 0.5) is 24.7 Å². The predicted octanol–water partition coefficient (Wildman–Crippen LogP) is 5.13. The van der Waals surface area contributed by atoms with Gasteiger partial charge in [-0.15, -0.1) is 5.10 Å². The molecule has 156 valence electrons. The van der Waals surface area contributed by atoms with Gasteiger partial charge >= 0.3 is 0 Å². The van der Waals surface area contributed by atoms with E-state index in [9.17, 15) is 18.0 Å². The highest BCUT2D eigenvalue weighted by Gasteiger charge is 2.42. The van der Waals surface area contributed by atoms with Gasteiger partial charge in [0.25, 0.3) is 6.43 Å². The van der Waals surface area contributed by atoms with Crippen LogP contribution < -0.4 is 10.2 Å². The molecule has 8 heteroatoms. The Balaban J connectivity index is 1.77. The molecular formula is C22H21F3N4O. The minimum atomic E-state index is -2.89. The summed E-state index contributed by atoms with van der Waals surface area (Å²) < 4.78 is 40.6. The lowest BCUT2D eigenvalue weighted by Gasteiger charge is -2.19. The molecule has 0 spiro atoms. The molecule has 0 aliphatic carbocycles. The Labute approximate surface area is 171 Å². The smallest absolute Gasteiger partial charge is 0.266 e. The van der Waals surface area contributed by atoms with E-state index in [2.05, 4.69) is 15.5 Å². The Morgan fingerprint density at radius 2 is 1.87 bits per heavy atom. The van der Waals surface area contributed by atoms with E-state index in [4.69, 9.17) is 0 Å². The molecule has 4 rings (SSSR count). The van der Waals surface area contributed by atoms with E-state index in [1.54, 1.807) is 25.1 Å². The highest BCUT2D eigenvalue weighted by atomic mass is 19.3. The zero-order valence-corrected chi connectivity index (χ0v) is 17.0. The van der Waals surface area contributed by atoms with Crippen molar-refractivity contribution in [3.05, 3.63) is 59.0 Å². The molecule has 1 aliphatic rings. The molecular weight excluding hydrogens is 393 g/mol. The van der Waals surface area contributed by atoms with E-state index in [1.165, 1.54) is 12.1 Å². The highest BCUT2D eigenvalue weighted by molar-refractivity contribution is 6.10. The molecule has 0 bridgehead atoms. The van der Waals surface area contributed by atoms with Crippen LogP contribution in [0.25, 0.3) is 10.8 Å². The first kappa shape index (κ1) is 20.1. The van der Waals surface area contributed by atoms with Crippen molar-refractivity contribution in [1.82, 2.24) is 10.2 Å². The topological polar surface area (TPSA) is 58.1 Å². The van der Waals surface area contributed by atoms with Gasteiger partial charge in [-0.1, -0.05) is 18.2 Å². The van der Waals surface area contributed by atoms with E-state index in [0.29, 0.717) is 11.2 Å². The normalized spacial score (nSPS) is 16.3. The maximum atomic E-state index is 14.5. The molecule has 0 radical (unpaired) electrons. The first-order valence-electron chi connectivity index (χ1n) is 9.54. The van der Waals surface area contributed by atoms with Crippen LogP contribution in [0.1, 0.15) is 49.9 Å². The van der Waals surface area contributed by atoms with Crippen LogP contribution in [0, 0.1) is 5.82 Å². The molecule has 3 aromatic rings. The number of hydrogen-bond donors (Lipinski definition) is 1. The van der Waals surface area contributed by atoms with Gasteiger partial charge in [0.2, 0.25) is 5.91 Å². The fourth-order valence-corrected chi connectivity index (χ4v) is 4.00. The number of fused-ring (bicyclic) bond motifs is 2. The monoisotopic (exact) mass is 414 g/mol. The molecule has 1 N–H and O–H groups in total. The first-order valence-corrected chi connectivity index (χ1v) is 9.54. The lowest BCUT2D eigenvalue weighted by Crippen LogP contribution is -2.33. The number of benzene rings is 2. The fraction of sp³-hybridized carbons (Fsp3) is 0.318. The molecule has 5 nitrogen and oxygen atoms in total. The van der Waals surface area contributed by atoms with Crippen molar-refractivity contribution in [1.29, 1.82) is 0 Å². The molecule has 1 unspecified atom stereocenters. The quantitative estimate of drug-likeness (QED) is 0.643. The average Bonchev–Trinajstić information content (AvgIpc) is 2.87. The molecule has 1 aliphatic heterocycles. The van der Waals surface area contributed by atoms with Crippen LogP contribution in [0.5, 0.6) is 0 Å². The molecule has 2 heterocycles. The SMILES string of the molecule is CC(Nc1nncc2cc3c(cc12)N(C)C(=O)C3(C)C)c1cccc(C(F)F)c1F. The van der Waals surface area contributed by atoms with Crippen molar-refractivity contribution >= 4 is 28.2 Å². The zero-order valence-electron chi connectivity index (χ0n) is 17.0. The van der Waals surface area contributed by atoms with Crippen molar-refractivity contribution in [3.8, 4) is 0 Å². The molecule has 30 heavy (non-hydrogen) atoms. The summed E-state index contributed by atoms with van der Waals surface area (Å²) >= 11 is 0. The van der Waals surface area contributed by atoms with E-state index in [-0.39, 0.29) is 11.5 Å². The summed E-state index contributed by atoms with van der Waals surface area (Å²) in [7, 11) is 1.72. The minimum Gasteiger partial charge on any atom is -0.361 e. The second-order valence-electron chi connectivity index (χ2n) is 8.06. The second kappa shape index (κ2) is 6.97. The number of rotatable bonds is 4. The summed E-state index contributed by atoms with van der Waals surface area (Å²) in [5.41, 5.74) is 0.491. The van der Waals surface area contributed by atoms with Crippen molar-refractivity contribution in [2.45, 2.75) is 38.7 Å². The Morgan fingerprint density at radius 1 is 1.17 bits per heavy atom. The predicted molar refractivity (Wildman–Crippen MR) is 109 cm³/mol. The lowest BCUT2D eigenvalue weighted by atomic mass is 9.85. The van der Waals surface area contributed by atoms with Crippen LogP contribution in [-0.2, 0) is 10.2 Å². The molecule has 1 atom stereocenters. The van der Waals surface area contributed by atoms with Gasteiger partial charge in [-0.3, -0.25) is 4.79 Å². The van der Waals surface area contributed by atoms with Crippen molar-refractivity contribution in [2.75, 3.05) is 17.3 Å². The molecule has 2 aromatic carbocycles. The van der Waals surface area contributed by atoms with Gasteiger partial charge in [0.1, 0.15) is 5.82 Å². The third kappa shape index (κ3) is 2.98. The fourth-order valence-electron chi connectivity index (χ4n) is 4.00. The van der Waals surface area contributed by atoms with E-state index < -0.39 is 29.3 Å². The van der Waals surface area contributed by atoms with Gasteiger partial charge in [-0.05, 0) is 38.5 Å². The van der Waals surface area contributed by atoms with Crippen LogP contribution in [0.15, 0.2) is 36.5 Å². The number of anilines is 2. The third-order valence-corrected chi connectivity index (χ3v) is 5.76. The van der Waals surface area contributed by atoms with E-state index in [0.717, 1.165) is 22.7 Å². The van der Waals surface area contributed by atoms with Crippen LogP contribution in [0.2, 0.25) is 0 Å². The number of aromatic nitrogens is 2. The maximum absolute atomic E-state index is 14.5. The van der Waals surface area contributed by atoms with Gasteiger partial charge in [-0.2, -0.15) is 5.10 Å². The summed E-state index contributed by atoms with van der Waals surface area (Å²) in [6.45, 7) is 5.41. The molecule has 0 fully saturated rings. The Kier molecular flexibility index (Phi) is 4.67.